The minimum absolute atomic E-state index is 0.0637. The molecule has 0 saturated carbocycles. The van der Waals surface area contributed by atoms with Gasteiger partial charge >= 0.3 is 12.1 Å². The summed E-state index contributed by atoms with van der Waals surface area (Å²) in [4.78, 5) is 22.9. The molecule has 2 unspecified atom stereocenters. The maximum Gasteiger partial charge on any atom is 0.406 e. The van der Waals surface area contributed by atoms with Crippen molar-refractivity contribution in [2.75, 3.05) is 0 Å². The van der Waals surface area contributed by atoms with Gasteiger partial charge in [0.1, 0.15) is 12.1 Å². The summed E-state index contributed by atoms with van der Waals surface area (Å²) >= 11 is 0. The molecule has 6 nitrogen and oxygen atoms in total. The van der Waals surface area contributed by atoms with Gasteiger partial charge in [0.05, 0.1) is 0 Å². The van der Waals surface area contributed by atoms with Crippen molar-refractivity contribution in [1.82, 2.24) is 5.32 Å². The molecule has 0 aliphatic heterocycles. The van der Waals surface area contributed by atoms with Crippen LogP contribution >= 0.6 is 0 Å². The van der Waals surface area contributed by atoms with Gasteiger partial charge in [-0.15, -0.1) is 0 Å². The fourth-order valence-corrected chi connectivity index (χ4v) is 1.67. The maximum absolute atomic E-state index is 12.6. The first-order valence-electron chi connectivity index (χ1n) is 7.18. The van der Waals surface area contributed by atoms with Crippen LogP contribution in [0.4, 0.5) is 13.2 Å². The molecule has 1 aromatic carbocycles. The Morgan fingerprint density at radius 1 is 1.19 bits per heavy atom. The van der Waals surface area contributed by atoms with Gasteiger partial charge in [0.25, 0.3) is 5.91 Å². The molecule has 1 rings (SSSR count). The van der Waals surface area contributed by atoms with E-state index in [9.17, 15) is 22.8 Å². The van der Waals surface area contributed by atoms with Crippen molar-refractivity contribution < 1.29 is 33.0 Å². The van der Waals surface area contributed by atoms with Crippen LogP contribution in [-0.2, 0) is 4.79 Å². The van der Waals surface area contributed by atoms with E-state index in [1.807, 2.05) is 0 Å². The van der Waals surface area contributed by atoms with Crippen LogP contribution in [-0.4, -0.2) is 46.5 Å². The maximum atomic E-state index is 12.6. The Kier molecular flexibility index (Phi) is 7.20. The lowest BCUT2D eigenvalue weighted by Gasteiger charge is -2.23. The molecule has 0 bridgehead atoms. The Morgan fingerprint density at radius 2 is 1.77 bits per heavy atom. The van der Waals surface area contributed by atoms with Gasteiger partial charge in [-0.05, 0) is 43.0 Å². The van der Waals surface area contributed by atoms with Crippen LogP contribution < -0.4 is 11.1 Å². The highest BCUT2D eigenvalue weighted by Crippen LogP contribution is 2.21. The SMILES string of the molecule is C[C@H](O)C#CC#Cc1ccc(C(=O)NC(C(=O)O)C(N)C(F)(F)F)cc1. The van der Waals surface area contributed by atoms with Gasteiger partial charge in [-0.3, -0.25) is 4.79 Å². The van der Waals surface area contributed by atoms with E-state index in [1.54, 1.807) is 5.32 Å². The number of carbonyl (C=O) groups excluding carboxylic acids is 1. The first-order chi connectivity index (χ1) is 12.0. The van der Waals surface area contributed by atoms with Gasteiger partial charge in [0.2, 0.25) is 0 Å². The van der Waals surface area contributed by atoms with E-state index in [4.69, 9.17) is 15.9 Å². The molecule has 0 spiro atoms. The van der Waals surface area contributed by atoms with Gasteiger partial charge in [-0.25, -0.2) is 4.79 Å². The molecule has 1 aromatic rings. The summed E-state index contributed by atoms with van der Waals surface area (Å²) in [5.74, 6) is 7.00. The third-order valence-electron chi connectivity index (χ3n) is 2.99. The Bertz CT molecular complexity index is 781. The number of aliphatic carboxylic acids is 1. The molecule has 0 heterocycles. The lowest BCUT2D eigenvalue weighted by Crippen LogP contribution is -2.58. The number of nitrogens with two attached hydrogens (primary N) is 1. The van der Waals surface area contributed by atoms with Crippen molar-refractivity contribution in [2.24, 2.45) is 5.73 Å². The number of amides is 1. The Morgan fingerprint density at radius 3 is 2.23 bits per heavy atom. The zero-order valence-electron chi connectivity index (χ0n) is 13.5. The summed E-state index contributed by atoms with van der Waals surface area (Å²) in [6.45, 7) is 1.47. The van der Waals surface area contributed by atoms with E-state index < -0.39 is 36.2 Å². The first-order valence-corrected chi connectivity index (χ1v) is 7.18. The normalized spacial score (nSPS) is 13.9. The van der Waals surface area contributed by atoms with Crippen LogP contribution in [0.15, 0.2) is 24.3 Å². The number of carbonyl (C=O) groups is 2. The van der Waals surface area contributed by atoms with Crippen molar-refractivity contribution in [3.05, 3.63) is 35.4 Å². The van der Waals surface area contributed by atoms with Crippen molar-refractivity contribution >= 4 is 11.9 Å². The number of carboxylic acid groups (broad SMARTS) is 1. The second-order valence-electron chi connectivity index (χ2n) is 5.13. The van der Waals surface area contributed by atoms with Crippen LogP contribution in [0.5, 0.6) is 0 Å². The number of halogens is 3. The quantitative estimate of drug-likeness (QED) is 0.578. The van der Waals surface area contributed by atoms with E-state index in [2.05, 4.69) is 23.7 Å². The topological polar surface area (TPSA) is 113 Å². The van der Waals surface area contributed by atoms with Crippen LogP contribution in [0.2, 0.25) is 0 Å². The second-order valence-corrected chi connectivity index (χ2v) is 5.13. The summed E-state index contributed by atoms with van der Waals surface area (Å²) in [6.07, 6.45) is -5.80. The molecule has 0 aliphatic carbocycles. The Labute approximate surface area is 147 Å². The monoisotopic (exact) mass is 368 g/mol. The van der Waals surface area contributed by atoms with E-state index in [-0.39, 0.29) is 5.56 Å². The fourth-order valence-electron chi connectivity index (χ4n) is 1.67. The summed E-state index contributed by atoms with van der Waals surface area (Å²) in [7, 11) is 0. The Balaban J connectivity index is 2.87. The van der Waals surface area contributed by atoms with Gasteiger partial charge in [0, 0.05) is 11.1 Å². The standard InChI is InChI=1S/C17H15F3N2O4/c1-10(23)4-2-3-5-11-6-8-12(9-7-11)15(24)22-13(16(25)26)14(21)17(18,19)20/h6-10,13-14,23H,21H2,1H3,(H,22,24)(H,25,26)/t10-,13?,14?/m0/s1. The molecule has 0 radical (unpaired) electrons. The van der Waals surface area contributed by atoms with Crippen LogP contribution in [0, 0.1) is 23.7 Å². The number of rotatable bonds is 4. The number of alkyl halides is 3. The molecule has 1 amide bonds. The van der Waals surface area contributed by atoms with Crippen molar-refractivity contribution in [3.8, 4) is 23.7 Å². The highest BCUT2D eigenvalue weighted by atomic mass is 19.4. The van der Waals surface area contributed by atoms with Crippen LogP contribution in [0.1, 0.15) is 22.8 Å². The molecule has 5 N–H and O–H groups in total. The Hall–Kier alpha value is -3.01. The van der Waals surface area contributed by atoms with E-state index >= 15 is 0 Å². The highest BCUT2D eigenvalue weighted by molar-refractivity contribution is 5.96. The molecule has 26 heavy (non-hydrogen) atoms. The van der Waals surface area contributed by atoms with E-state index in [0.717, 1.165) is 0 Å². The lowest BCUT2D eigenvalue weighted by molar-refractivity contribution is -0.166. The number of nitrogens with one attached hydrogen (secondary N) is 1. The molecule has 0 fully saturated rings. The van der Waals surface area contributed by atoms with E-state index in [0.29, 0.717) is 5.56 Å². The largest absolute Gasteiger partial charge is 0.480 e. The third-order valence-corrected chi connectivity index (χ3v) is 2.99. The van der Waals surface area contributed by atoms with Gasteiger partial charge in [0.15, 0.2) is 6.04 Å². The zero-order valence-corrected chi connectivity index (χ0v) is 13.5. The highest BCUT2D eigenvalue weighted by Gasteiger charge is 2.46. The van der Waals surface area contributed by atoms with Gasteiger partial charge < -0.3 is 21.3 Å². The smallest absolute Gasteiger partial charge is 0.406 e. The fraction of sp³-hybridized carbons (Fsp3) is 0.294. The summed E-state index contributed by atoms with van der Waals surface area (Å²) in [6, 6.07) is 0.273. The summed E-state index contributed by atoms with van der Waals surface area (Å²) in [5, 5.41) is 19.6. The van der Waals surface area contributed by atoms with E-state index in [1.165, 1.54) is 31.2 Å². The van der Waals surface area contributed by atoms with Gasteiger partial charge in [-0.1, -0.05) is 11.8 Å². The molecule has 9 heteroatoms. The molecule has 0 aliphatic rings. The van der Waals surface area contributed by atoms with Crippen LogP contribution in [0.25, 0.3) is 0 Å². The van der Waals surface area contributed by atoms with Crippen LogP contribution in [0.3, 0.4) is 0 Å². The molecular formula is C17H15F3N2O4. The predicted octanol–water partition coefficient (Wildman–Crippen LogP) is 0.495. The molecular weight excluding hydrogens is 353 g/mol. The summed E-state index contributed by atoms with van der Waals surface area (Å²) < 4.78 is 37.7. The third kappa shape index (κ3) is 6.48. The average molecular weight is 368 g/mol. The number of aliphatic hydroxyl groups is 1. The first kappa shape index (κ1) is 21.0. The number of benzene rings is 1. The number of carboxylic acids is 1. The van der Waals surface area contributed by atoms with Crippen molar-refractivity contribution in [3.63, 3.8) is 0 Å². The molecule has 0 saturated heterocycles. The van der Waals surface area contributed by atoms with Crippen molar-refractivity contribution in [1.29, 1.82) is 0 Å². The minimum Gasteiger partial charge on any atom is -0.480 e. The molecule has 138 valence electrons. The van der Waals surface area contributed by atoms with Gasteiger partial charge in [-0.2, -0.15) is 13.2 Å². The zero-order chi connectivity index (χ0) is 19.9. The predicted molar refractivity (Wildman–Crippen MR) is 85.7 cm³/mol. The second kappa shape index (κ2) is 8.90. The lowest BCUT2D eigenvalue weighted by atomic mass is 10.1. The summed E-state index contributed by atoms with van der Waals surface area (Å²) in [5.41, 5.74) is 5.26. The average Bonchev–Trinajstić information content (AvgIpc) is 2.55. The molecule has 3 atom stereocenters. The van der Waals surface area contributed by atoms with Crippen molar-refractivity contribution in [2.45, 2.75) is 31.3 Å². The number of hydrogen-bond acceptors (Lipinski definition) is 4. The number of aliphatic hydroxyl groups excluding tert-OH is 1. The molecule has 0 aromatic heterocycles. The number of hydrogen-bond donors (Lipinski definition) is 4. The minimum atomic E-state index is -4.98.